The molecular weight excluding hydrogens is 314 g/mol. The standard InChI is InChI=1S/C14H15ClF2N4O/c15-13-5-12(19-9-3-8(4-9)7-22)10(6-18-13)11-1-2-21(20-11)14(16)17/h1-2,5-6,8-9,14,22H,3-4,7H2,(H,18,19). The molecule has 2 aromatic heterocycles. The van der Waals surface area contributed by atoms with Crippen molar-refractivity contribution in [2.24, 2.45) is 5.92 Å². The lowest BCUT2D eigenvalue weighted by molar-refractivity contribution is 0.0568. The maximum absolute atomic E-state index is 12.6. The molecule has 0 aliphatic heterocycles. The molecule has 0 amide bonds. The minimum atomic E-state index is -2.68. The number of nitrogens with one attached hydrogen (secondary N) is 1. The van der Waals surface area contributed by atoms with Gasteiger partial charge in [-0.3, -0.25) is 0 Å². The van der Waals surface area contributed by atoms with Gasteiger partial charge in [-0.2, -0.15) is 13.9 Å². The van der Waals surface area contributed by atoms with E-state index in [1.807, 2.05) is 0 Å². The fourth-order valence-electron chi connectivity index (χ4n) is 2.57. The molecule has 0 radical (unpaired) electrons. The third kappa shape index (κ3) is 3.05. The number of aliphatic hydroxyl groups excluding tert-OH is 1. The van der Waals surface area contributed by atoms with Crippen LogP contribution in [0.5, 0.6) is 0 Å². The number of alkyl halides is 2. The summed E-state index contributed by atoms with van der Waals surface area (Å²) >= 11 is 5.92. The second kappa shape index (κ2) is 6.18. The van der Waals surface area contributed by atoms with Gasteiger partial charge in [-0.15, -0.1) is 0 Å². The lowest BCUT2D eigenvalue weighted by Gasteiger charge is -2.35. The van der Waals surface area contributed by atoms with Gasteiger partial charge in [-0.1, -0.05) is 11.6 Å². The van der Waals surface area contributed by atoms with Crippen LogP contribution in [0, 0.1) is 5.92 Å². The molecule has 22 heavy (non-hydrogen) atoms. The van der Waals surface area contributed by atoms with Gasteiger partial charge in [0.1, 0.15) is 5.15 Å². The lowest BCUT2D eigenvalue weighted by Crippen LogP contribution is -2.37. The van der Waals surface area contributed by atoms with Crippen LogP contribution in [0.25, 0.3) is 11.3 Å². The van der Waals surface area contributed by atoms with Crippen LogP contribution in [-0.4, -0.2) is 32.5 Å². The van der Waals surface area contributed by atoms with Crippen molar-refractivity contribution >= 4 is 17.3 Å². The van der Waals surface area contributed by atoms with Crippen molar-refractivity contribution in [2.75, 3.05) is 11.9 Å². The molecule has 3 rings (SSSR count). The van der Waals surface area contributed by atoms with Crippen LogP contribution in [-0.2, 0) is 0 Å². The molecule has 0 aromatic carbocycles. The quantitative estimate of drug-likeness (QED) is 0.828. The Balaban J connectivity index is 1.84. The molecule has 0 bridgehead atoms. The van der Waals surface area contributed by atoms with Gasteiger partial charge in [-0.25, -0.2) is 9.67 Å². The van der Waals surface area contributed by atoms with E-state index in [1.165, 1.54) is 18.5 Å². The summed E-state index contributed by atoms with van der Waals surface area (Å²) in [5, 5.41) is 16.5. The van der Waals surface area contributed by atoms with Crippen molar-refractivity contribution in [3.05, 3.63) is 29.7 Å². The zero-order chi connectivity index (χ0) is 15.7. The van der Waals surface area contributed by atoms with E-state index in [-0.39, 0.29) is 12.6 Å². The first kappa shape index (κ1) is 15.2. The second-order valence-corrected chi connectivity index (χ2v) is 5.76. The number of hydrogen-bond donors (Lipinski definition) is 2. The smallest absolute Gasteiger partial charge is 0.333 e. The normalized spacial score (nSPS) is 21.0. The summed E-state index contributed by atoms with van der Waals surface area (Å²) in [7, 11) is 0. The average Bonchev–Trinajstić information content (AvgIpc) is 2.92. The van der Waals surface area contributed by atoms with Gasteiger partial charge in [0.15, 0.2) is 0 Å². The fourth-order valence-corrected chi connectivity index (χ4v) is 2.72. The molecule has 2 N–H and O–H groups in total. The summed E-state index contributed by atoms with van der Waals surface area (Å²) in [5.41, 5.74) is 1.74. The Morgan fingerprint density at radius 2 is 2.23 bits per heavy atom. The molecule has 0 spiro atoms. The molecule has 2 heterocycles. The lowest BCUT2D eigenvalue weighted by atomic mass is 9.81. The third-order valence-corrected chi connectivity index (χ3v) is 4.02. The van der Waals surface area contributed by atoms with Crippen LogP contribution in [0.2, 0.25) is 5.15 Å². The van der Waals surface area contributed by atoms with Crippen molar-refractivity contribution < 1.29 is 13.9 Å². The number of aliphatic hydroxyl groups is 1. The van der Waals surface area contributed by atoms with Gasteiger partial charge in [0.25, 0.3) is 0 Å². The first-order valence-corrected chi connectivity index (χ1v) is 7.31. The molecule has 118 valence electrons. The Hall–Kier alpha value is -1.73. The van der Waals surface area contributed by atoms with E-state index < -0.39 is 6.55 Å². The maximum Gasteiger partial charge on any atom is 0.333 e. The Kier molecular flexibility index (Phi) is 4.26. The molecule has 1 fully saturated rings. The van der Waals surface area contributed by atoms with Gasteiger partial charge < -0.3 is 10.4 Å². The molecule has 1 aliphatic carbocycles. The number of halogens is 3. The van der Waals surface area contributed by atoms with Gasteiger partial charge in [0, 0.05) is 36.3 Å². The van der Waals surface area contributed by atoms with Crippen molar-refractivity contribution in [1.82, 2.24) is 14.8 Å². The number of pyridine rings is 1. The van der Waals surface area contributed by atoms with Crippen LogP contribution < -0.4 is 5.32 Å². The molecular formula is C14H15ClF2N4O. The van der Waals surface area contributed by atoms with E-state index in [2.05, 4.69) is 15.4 Å². The van der Waals surface area contributed by atoms with E-state index in [0.29, 0.717) is 32.7 Å². The summed E-state index contributed by atoms with van der Waals surface area (Å²) in [6.07, 6.45) is 4.47. The molecule has 1 saturated carbocycles. The minimum absolute atomic E-state index is 0.181. The van der Waals surface area contributed by atoms with Gasteiger partial charge in [0.2, 0.25) is 0 Å². The first-order valence-electron chi connectivity index (χ1n) is 6.93. The molecule has 0 atom stereocenters. The second-order valence-electron chi connectivity index (χ2n) is 5.37. The highest BCUT2D eigenvalue weighted by Gasteiger charge is 2.29. The zero-order valence-corrected chi connectivity index (χ0v) is 12.3. The van der Waals surface area contributed by atoms with E-state index in [1.54, 1.807) is 6.07 Å². The summed E-state index contributed by atoms with van der Waals surface area (Å²) < 4.78 is 25.9. The van der Waals surface area contributed by atoms with Gasteiger partial charge in [0.05, 0.1) is 5.69 Å². The van der Waals surface area contributed by atoms with Crippen LogP contribution in [0.4, 0.5) is 14.5 Å². The van der Waals surface area contributed by atoms with E-state index in [0.717, 1.165) is 12.8 Å². The summed E-state index contributed by atoms with van der Waals surface area (Å²) in [6.45, 7) is -2.50. The predicted molar refractivity (Wildman–Crippen MR) is 78.9 cm³/mol. The monoisotopic (exact) mass is 328 g/mol. The molecule has 5 nitrogen and oxygen atoms in total. The topological polar surface area (TPSA) is 63.0 Å². The molecule has 0 saturated heterocycles. The van der Waals surface area contributed by atoms with Crippen LogP contribution in [0.1, 0.15) is 19.4 Å². The summed E-state index contributed by atoms with van der Waals surface area (Å²) in [4.78, 5) is 4.00. The van der Waals surface area contributed by atoms with Crippen molar-refractivity contribution in [1.29, 1.82) is 0 Å². The van der Waals surface area contributed by atoms with E-state index in [9.17, 15) is 8.78 Å². The van der Waals surface area contributed by atoms with Crippen molar-refractivity contribution in [2.45, 2.75) is 25.4 Å². The van der Waals surface area contributed by atoms with E-state index in [4.69, 9.17) is 16.7 Å². The Bertz CT molecular complexity index is 658. The SMILES string of the molecule is OCC1CC(Nc2cc(Cl)ncc2-c2ccn(C(F)F)n2)C1. The molecule has 1 aliphatic rings. The molecule has 2 aromatic rings. The van der Waals surface area contributed by atoms with Gasteiger partial charge >= 0.3 is 6.55 Å². The highest BCUT2D eigenvalue weighted by atomic mass is 35.5. The highest BCUT2D eigenvalue weighted by molar-refractivity contribution is 6.29. The minimum Gasteiger partial charge on any atom is -0.396 e. The van der Waals surface area contributed by atoms with Gasteiger partial charge in [-0.05, 0) is 30.9 Å². The van der Waals surface area contributed by atoms with Crippen LogP contribution >= 0.6 is 11.6 Å². The highest BCUT2D eigenvalue weighted by Crippen LogP contribution is 2.34. The maximum atomic E-state index is 12.6. The molecule has 8 heteroatoms. The summed E-state index contributed by atoms with van der Waals surface area (Å²) in [5.74, 6) is 0.316. The van der Waals surface area contributed by atoms with Crippen molar-refractivity contribution in [3.63, 3.8) is 0 Å². The van der Waals surface area contributed by atoms with Crippen molar-refractivity contribution in [3.8, 4) is 11.3 Å². The largest absolute Gasteiger partial charge is 0.396 e. The predicted octanol–water partition coefficient (Wildman–Crippen LogP) is 3.18. The average molecular weight is 329 g/mol. The summed E-state index contributed by atoms with van der Waals surface area (Å²) in [6, 6.07) is 3.40. The number of nitrogens with zero attached hydrogens (tertiary/aromatic N) is 3. The fraction of sp³-hybridized carbons (Fsp3) is 0.429. The number of anilines is 1. The number of hydrogen-bond acceptors (Lipinski definition) is 4. The van der Waals surface area contributed by atoms with E-state index >= 15 is 0 Å². The zero-order valence-electron chi connectivity index (χ0n) is 11.6. The Morgan fingerprint density at radius 1 is 1.45 bits per heavy atom. The molecule has 0 unspecified atom stereocenters. The number of aromatic nitrogens is 3. The number of rotatable bonds is 5. The van der Waals surface area contributed by atoms with Crippen LogP contribution in [0.15, 0.2) is 24.5 Å². The third-order valence-electron chi connectivity index (χ3n) is 3.81. The van der Waals surface area contributed by atoms with Crippen LogP contribution in [0.3, 0.4) is 0 Å². The Labute approximate surface area is 130 Å². The first-order chi connectivity index (χ1) is 10.6. The Morgan fingerprint density at radius 3 is 2.86 bits per heavy atom.